The highest BCUT2D eigenvalue weighted by molar-refractivity contribution is 7.90. The first kappa shape index (κ1) is 18.3. The summed E-state index contributed by atoms with van der Waals surface area (Å²) < 4.78 is 27.4. The average Bonchev–Trinajstić information content (AvgIpc) is 2.49. The molecule has 0 aliphatic carbocycles. The maximum absolute atomic E-state index is 11.0. The number of benzene rings is 1. The van der Waals surface area contributed by atoms with E-state index < -0.39 is 9.84 Å². The number of guanidine groups is 1. The fourth-order valence-corrected chi connectivity index (χ4v) is 2.66. The Balaban J connectivity index is 2.32. The minimum atomic E-state index is -2.90. The SMILES string of the molecule is CN=C(NCCCS(C)(=O)=O)NCCc1ccccc1OC. The second-order valence-electron chi connectivity index (χ2n) is 4.97. The molecule has 2 N–H and O–H groups in total. The van der Waals surface area contributed by atoms with Crippen LogP contribution in [0.1, 0.15) is 12.0 Å². The molecular formula is C15H25N3O3S. The molecule has 1 aromatic rings. The van der Waals surface area contributed by atoms with Gasteiger partial charge in [0.25, 0.3) is 0 Å². The average molecular weight is 327 g/mol. The first-order valence-corrected chi connectivity index (χ1v) is 9.26. The summed E-state index contributed by atoms with van der Waals surface area (Å²) in [5.74, 6) is 1.72. The van der Waals surface area contributed by atoms with Gasteiger partial charge < -0.3 is 15.4 Å². The predicted molar refractivity (Wildman–Crippen MR) is 90.4 cm³/mol. The van der Waals surface area contributed by atoms with Gasteiger partial charge in [0.05, 0.1) is 12.9 Å². The van der Waals surface area contributed by atoms with Gasteiger partial charge in [-0.3, -0.25) is 4.99 Å². The van der Waals surface area contributed by atoms with Gasteiger partial charge >= 0.3 is 0 Å². The van der Waals surface area contributed by atoms with E-state index >= 15 is 0 Å². The molecule has 6 nitrogen and oxygen atoms in total. The van der Waals surface area contributed by atoms with Gasteiger partial charge in [-0.15, -0.1) is 0 Å². The summed E-state index contributed by atoms with van der Waals surface area (Å²) >= 11 is 0. The third-order valence-corrected chi connectivity index (χ3v) is 4.12. The summed E-state index contributed by atoms with van der Waals surface area (Å²) in [4.78, 5) is 4.11. The lowest BCUT2D eigenvalue weighted by atomic mass is 10.1. The summed E-state index contributed by atoms with van der Waals surface area (Å²) in [5, 5.41) is 6.30. The van der Waals surface area contributed by atoms with Crippen molar-refractivity contribution < 1.29 is 13.2 Å². The molecule has 0 heterocycles. The van der Waals surface area contributed by atoms with Gasteiger partial charge in [-0.25, -0.2) is 8.42 Å². The number of aliphatic imine (C=N–C) groups is 1. The second kappa shape index (κ2) is 9.30. The molecule has 0 fully saturated rings. The van der Waals surface area contributed by atoms with Crippen molar-refractivity contribution in [1.82, 2.24) is 10.6 Å². The van der Waals surface area contributed by atoms with E-state index in [1.807, 2.05) is 24.3 Å². The third kappa shape index (κ3) is 7.31. The highest BCUT2D eigenvalue weighted by Crippen LogP contribution is 2.17. The number of ether oxygens (including phenoxy) is 1. The van der Waals surface area contributed by atoms with E-state index in [-0.39, 0.29) is 5.75 Å². The van der Waals surface area contributed by atoms with Crippen LogP contribution < -0.4 is 15.4 Å². The zero-order valence-corrected chi connectivity index (χ0v) is 14.2. The van der Waals surface area contributed by atoms with Gasteiger partial charge in [0.1, 0.15) is 15.6 Å². The molecule has 1 rings (SSSR count). The molecule has 0 aliphatic heterocycles. The fourth-order valence-electron chi connectivity index (χ4n) is 1.99. The first-order valence-electron chi connectivity index (χ1n) is 7.20. The summed E-state index contributed by atoms with van der Waals surface area (Å²) in [6, 6.07) is 7.89. The van der Waals surface area contributed by atoms with Gasteiger partial charge in [-0.05, 0) is 24.5 Å². The van der Waals surface area contributed by atoms with Crippen molar-refractivity contribution in [2.24, 2.45) is 4.99 Å². The molecule has 0 bridgehead atoms. The van der Waals surface area contributed by atoms with Crippen molar-refractivity contribution in [3.05, 3.63) is 29.8 Å². The van der Waals surface area contributed by atoms with Crippen LogP contribution >= 0.6 is 0 Å². The lowest BCUT2D eigenvalue weighted by Crippen LogP contribution is -2.39. The molecule has 0 aromatic heterocycles. The van der Waals surface area contributed by atoms with Crippen LogP contribution in [-0.4, -0.2) is 53.6 Å². The van der Waals surface area contributed by atoms with Crippen LogP contribution in [0.5, 0.6) is 5.75 Å². The van der Waals surface area contributed by atoms with Gasteiger partial charge in [0.15, 0.2) is 5.96 Å². The summed E-state index contributed by atoms with van der Waals surface area (Å²) in [7, 11) is 0.447. The number of sulfone groups is 1. The fraction of sp³-hybridized carbons (Fsp3) is 0.533. The minimum Gasteiger partial charge on any atom is -0.496 e. The lowest BCUT2D eigenvalue weighted by Gasteiger charge is -2.13. The van der Waals surface area contributed by atoms with E-state index in [1.54, 1.807) is 14.2 Å². The van der Waals surface area contributed by atoms with Crippen LogP contribution in [0, 0.1) is 0 Å². The van der Waals surface area contributed by atoms with E-state index in [2.05, 4.69) is 15.6 Å². The first-order chi connectivity index (χ1) is 10.5. The molecule has 0 aliphatic rings. The predicted octanol–water partition coefficient (Wildman–Crippen LogP) is 0.837. The van der Waals surface area contributed by atoms with Crippen LogP contribution in [-0.2, 0) is 16.3 Å². The molecule has 0 unspecified atom stereocenters. The zero-order valence-electron chi connectivity index (χ0n) is 13.4. The summed E-state index contributed by atoms with van der Waals surface area (Å²) in [6.45, 7) is 1.29. The van der Waals surface area contributed by atoms with Crippen LogP contribution in [0.2, 0.25) is 0 Å². The van der Waals surface area contributed by atoms with Crippen molar-refractivity contribution in [3.8, 4) is 5.75 Å². The highest BCUT2D eigenvalue weighted by atomic mass is 32.2. The van der Waals surface area contributed by atoms with Crippen molar-refractivity contribution >= 4 is 15.8 Å². The largest absolute Gasteiger partial charge is 0.496 e. The molecule has 0 saturated heterocycles. The standard InChI is InChI=1S/C15H25N3O3S/c1-16-15(17-10-6-12-22(3,19)20)18-11-9-13-7-4-5-8-14(13)21-2/h4-5,7-8H,6,9-12H2,1-3H3,(H2,16,17,18). The normalized spacial score (nSPS) is 12.0. The van der Waals surface area contributed by atoms with Crippen LogP contribution in [0.25, 0.3) is 0 Å². The number of hydrogen-bond donors (Lipinski definition) is 2. The Bertz CT molecular complexity index is 585. The topological polar surface area (TPSA) is 79.8 Å². The minimum absolute atomic E-state index is 0.179. The maximum atomic E-state index is 11.0. The number of nitrogens with zero attached hydrogens (tertiary/aromatic N) is 1. The molecular weight excluding hydrogens is 302 g/mol. The Morgan fingerprint density at radius 1 is 1.23 bits per heavy atom. The quantitative estimate of drug-likeness (QED) is 0.420. The van der Waals surface area contributed by atoms with Gasteiger partial charge in [0, 0.05) is 26.4 Å². The summed E-state index contributed by atoms with van der Waals surface area (Å²) in [6.07, 6.45) is 2.62. The van der Waals surface area contributed by atoms with Crippen molar-refractivity contribution in [2.45, 2.75) is 12.8 Å². The van der Waals surface area contributed by atoms with E-state index in [4.69, 9.17) is 4.74 Å². The molecule has 7 heteroatoms. The van der Waals surface area contributed by atoms with Gasteiger partial charge in [-0.2, -0.15) is 0 Å². The number of hydrogen-bond acceptors (Lipinski definition) is 4. The molecule has 0 atom stereocenters. The monoisotopic (exact) mass is 327 g/mol. The second-order valence-corrected chi connectivity index (χ2v) is 7.23. The molecule has 0 radical (unpaired) electrons. The number of para-hydroxylation sites is 1. The molecule has 0 amide bonds. The highest BCUT2D eigenvalue weighted by Gasteiger charge is 2.04. The Labute approximate surface area is 132 Å². The Morgan fingerprint density at radius 2 is 1.91 bits per heavy atom. The van der Waals surface area contributed by atoms with Crippen molar-refractivity contribution in [1.29, 1.82) is 0 Å². The number of methoxy groups -OCH3 is 1. The molecule has 124 valence electrons. The van der Waals surface area contributed by atoms with Crippen LogP contribution in [0.3, 0.4) is 0 Å². The van der Waals surface area contributed by atoms with E-state index in [1.165, 1.54) is 6.26 Å². The summed E-state index contributed by atoms with van der Waals surface area (Å²) in [5.41, 5.74) is 1.13. The molecule has 1 aromatic carbocycles. The van der Waals surface area contributed by atoms with E-state index in [0.717, 1.165) is 17.7 Å². The van der Waals surface area contributed by atoms with Gasteiger partial charge in [-0.1, -0.05) is 18.2 Å². The number of nitrogens with one attached hydrogen (secondary N) is 2. The zero-order chi connectivity index (χ0) is 16.4. The molecule has 0 saturated carbocycles. The van der Waals surface area contributed by atoms with Crippen LogP contribution in [0.15, 0.2) is 29.3 Å². The third-order valence-electron chi connectivity index (χ3n) is 3.09. The van der Waals surface area contributed by atoms with E-state index in [9.17, 15) is 8.42 Å². The Morgan fingerprint density at radius 3 is 2.55 bits per heavy atom. The van der Waals surface area contributed by atoms with Gasteiger partial charge in [0.2, 0.25) is 0 Å². The Hall–Kier alpha value is -1.76. The molecule has 0 spiro atoms. The van der Waals surface area contributed by atoms with Crippen molar-refractivity contribution in [2.75, 3.05) is 39.3 Å². The maximum Gasteiger partial charge on any atom is 0.190 e. The Kier molecular flexibility index (Phi) is 7.73. The van der Waals surface area contributed by atoms with E-state index in [0.29, 0.717) is 25.5 Å². The molecule has 22 heavy (non-hydrogen) atoms. The number of rotatable bonds is 8. The van der Waals surface area contributed by atoms with Crippen LogP contribution in [0.4, 0.5) is 0 Å². The lowest BCUT2D eigenvalue weighted by molar-refractivity contribution is 0.409. The smallest absolute Gasteiger partial charge is 0.190 e. The van der Waals surface area contributed by atoms with Crippen molar-refractivity contribution in [3.63, 3.8) is 0 Å².